The fraction of sp³-hybridized carbons (Fsp3) is 0.391. The summed E-state index contributed by atoms with van der Waals surface area (Å²) in [6.45, 7) is 6.08. The molecule has 28 heavy (non-hydrogen) atoms. The van der Waals surface area contributed by atoms with Crippen LogP contribution in [-0.2, 0) is 11.3 Å². The first kappa shape index (κ1) is 19.9. The second-order valence-electron chi connectivity index (χ2n) is 7.44. The van der Waals surface area contributed by atoms with E-state index in [2.05, 4.69) is 11.4 Å². The molecule has 0 atom stereocenters. The average Bonchev–Trinajstić information content (AvgIpc) is 2.70. The number of nitrogens with zero attached hydrogens (tertiary/aromatic N) is 1. The monoisotopic (exact) mass is 380 g/mol. The lowest BCUT2D eigenvalue weighted by molar-refractivity contribution is -0.123. The third-order valence-electron chi connectivity index (χ3n) is 4.90. The second kappa shape index (κ2) is 9.40. The number of likely N-dealkylation sites (tertiary alicyclic amines) is 1. The number of carbonyl (C=O) groups excluding carboxylic acids is 2. The Hall–Kier alpha value is -2.82. The van der Waals surface area contributed by atoms with Gasteiger partial charge in [0.25, 0.3) is 11.8 Å². The van der Waals surface area contributed by atoms with Crippen molar-refractivity contribution in [3.05, 3.63) is 64.7 Å². The van der Waals surface area contributed by atoms with E-state index in [-0.39, 0.29) is 18.4 Å². The van der Waals surface area contributed by atoms with Crippen LogP contribution in [0.3, 0.4) is 0 Å². The van der Waals surface area contributed by atoms with Gasteiger partial charge in [-0.15, -0.1) is 0 Å². The maximum absolute atomic E-state index is 12.5. The van der Waals surface area contributed by atoms with Gasteiger partial charge in [0.1, 0.15) is 5.75 Å². The summed E-state index contributed by atoms with van der Waals surface area (Å²) in [4.78, 5) is 26.5. The van der Waals surface area contributed by atoms with Crippen molar-refractivity contribution in [2.24, 2.45) is 0 Å². The van der Waals surface area contributed by atoms with E-state index in [9.17, 15) is 9.59 Å². The number of hydrogen-bond donors (Lipinski definition) is 1. The first-order valence-electron chi connectivity index (χ1n) is 9.87. The molecule has 0 saturated carbocycles. The van der Waals surface area contributed by atoms with Crippen molar-refractivity contribution in [2.75, 3.05) is 19.7 Å². The highest BCUT2D eigenvalue weighted by Gasteiger charge is 2.17. The molecule has 0 bridgehead atoms. The smallest absolute Gasteiger partial charge is 0.258 e. The van der Waals surface area contributed by atoms with Crippen LogP contribution < -0.4 is 10.1 Å². The van der Waals surface area contributed by atoms with Crippen molar-refractivity contribution < 1.29 is 14.3 Å². The molecule has 0 radical (unpaired) electrons. The number of carbonyl (C=O) groups is 2. The van der Waals surface area contributed by atoms with Crippen molar-refractivity contribution in [1.82, 2.24) is 10.2 Å². The Bertz CT molecular complexity index is 804. The van der Waals surface area contributed by atoms with Crippen LogP contribution in [0, 0.1) is 13.8 Å². The zero-order chi connectivity index (χ0) is 19.9. The topological polar surface area (TPSA) is 58.6 Å². The van der Waals surface area contributed by atoms with Crippen molar-refractivity contribution in [2.45, 2.75) is 39.7 Å². The molecule has 2 amide bonds. The lowest BCUT2D eigenvalue weighted by atomic mass is 10.1. The molecule has 0 aromatic heterocycles. The summed E-state index contributed by atoms with van der Waals surface area (Å²) in [5.74, 6) is 0.623. The molecule has 3 rings (SSSR count). The maximum Gasteiger partial charge on any atom is 0.258 e. The minimum atomic E-state index is -0.173. The predicted octanol–water partition coefficient (Wildman–Crippen LogP) is 3.62. The van der Waals surface area contributed by atoms with Crippen LogP contribution in [0.5, 0.6) is 5.75 Å². The number of benzene rings is 2. The second-order valence-corrected chi connectivity index (χ2v) is 7.44. The first-order valence-corrected chi connectivity index (χ1v) is 9.87. The third kappa shape index (κ3) is 5.59. The molecular weight excluding hydrogens is 352 g/mol. The van der Waals surface area contributed by atoms with Crippen molar-refractivity contribution >= 4 is 11.8 Å². The minimum Gasteiger partial charge on any atom is -0.484 e. The van der Waals surface area contributed by atoms with Crippen molar-refractivity contribution in [3.8, 4) is 5.75 Å². The van der Waals surface area contributed by atoms with Crippen molar-refractivity contribution in [1.29, 1.82) is 0 Å². The molecule has 2 aromatic carbocycles. The van der Waals surface area contributed by atoms with E-state index in [0.29, 0.717) is 17.9 Å². The normalized spacial score (nSPS) is 13.9. The summed E-state index contributed by atoms with van der Waals surface area (Å²) in [6, 6.07) is 13.3. The highest BCUT2D eigenvalue weighted by molar-refractivity contribution is 5.94. The van der Waals surface area contributed by atoms with Gasteiger partial charge in [0, 0.05) is 25.2 Å². The first-order chi connectivity index (χ1) is 13.5. The van der Waals surface area contributed by atoms with Gasteiger partial charge in [0.15, 0.2) is 6.61 Å². The molecule has 1 N–H and O–H groups in total. The number of ether oxygens (including phenoxy) is 1. The van der Waals surface area contributed by atoms with Crippen LogP contribution in [0.15, 0.2) is 42.5 Å². The van der Waals surface area contributed by atoms with Gasteiger partial charge in [-0.25, -0.2) is 0 Å². The van der Waals surface area contributed by atoms with E-state index in [4.69, 9.17) is 4.74 Å². The summed E-state index contributed by atoms with van der Waals surface area (Å²) in [6.07, 6.45) is 3.37. The minimum absolute atomic E-state index is 0.0194. The summed E-state index contributed by atoms with van der Waals surface area (Å²) in [5, 5.41) is 2.85. The van der Waals surface area contributed by atoms with E-state index in [1.807, 2.05) is 55.1 Å². The zero-order valence-corrected chi connectivity index (χ0v) is 16.7. The third-order valence-corrected chi connectivity index (χ3v) is 4.90. The van der Waals surface area contributed by atoms with Crippen LogP contribution in [0.2, 0.25) is 0 Å². The Kier molecular flexibility index (Phi) is 6.69. The highest BCUT2D eigenvalue weighted by atomic mass is 16.5. The quantitative estimate of drug-likeness (QED) is 0.833. The number of rotatable bonds is 6. The number of aryl methyl sites for hydroxylation is 2. The molecule has 1 heterocycles. The zero-order valence-electron chi connectivity index (χ0n) is 16.7. The Balaban J connectivity index is 1.46. The summed E-state index contributed by atoms with van der Waals surface area (Å²) < 4.78 is 5.57. The van der Waals surface area contributed by atoms with E-state index in [0.717, 1.165) is 42.6 Å². The highest BCUT2D eigenvalue weighted by Crippen LogP contribution is 2.16. The van der Waals surface area contributed by atoms with Gasteiger partial charge in [-0.3, -0.25) is 9.59 Å². The van der Waals surface area contributed by atoms with Crippen LogP contribution >= 0.6 is 0 Å². The maximum atomic E-state index is 12.5. The largest absolute Gasteiger partial charge is 0.484 e. The molecule has 0 unspecified atom stereocenters. The van der Waals surface area contributed by atoms with E-state index in [1.165, 1.54) is 6.42 Å². The molecule has 5 nitrogen and oxygen atoms in total. The Labute approximate surface area is 166 Å². The lowest BCUT2D eigenvalue weighted by Crippen LogP contribution is -2.35. The summed E-state index contributed by atoms with van der Waals surface area (Å²) in [5.41, 5.74) is 3.87. The Morgan fingerprint density at radius 1 is 0.964 bits per heavy atom. The predicted molar refractivity (Wildman–Crippen MR) is 109 cm³/mol. The van der Waals surface area contributed by atoms with E-state index in [1.54, 1.807) is 0 Å². The van der Waals surface area contributed by atoms with Crippen LogP contribution in [0.25, 0.3) is 0 Å². The van der Waals surface area contributed by atoms with Gasteiger partial charge in [-0.05, 0) is 74.1 Å². The Morgan fingerprint density at radius 2 is 1.61 bits per heavy atom. The van der Waals surface area contributed by atoms with Gasteiger partial charge in [-0.2, -0.15) is 0 Å². The molecule has 1 fully saturated rings. The standard InChI is InChI=1S/C23H28N2O3/c1-17-12-18(2)14-21(13-17)28-16-22(26)24-15-19-6-8-20(9-7-19)23(27)25-10-4-3-5-11-25/h6-9,12-14H,3-5,10-11,15-16H2,1-2H3,(H,24,26). The SMILES string of the molecule is Cc1cc(C)cc(OCC(=O)NCc2ccc(C(=O)N3CCCCC3)cc2)c1. The van der Waals surface area contributed by atoms with Gasteiger partial charge in [0.05, 0.1) is 0 Å². The fourth-order valence-electron chi connectivity index (χ4n) is 3.46. The molecule has 0 aliphatic carbocycles. The molecule has 1 aliphatic heterocycles. The Morgan fingerprint density at radius 3 is 2.25 bits per heavy atom. The molecule has 148 valence electrons. The number of amides is 2. The average molecular weight is 380 g/mol. The van der Waals surface area contributed by atoms with Gasteiger partial charge in [0.2, 0.25) is 0 Å². The van der Waals surface area contributed by atoms with Crippen LogP contribution in [0.4, 0.5) is 0 Å². The van der Waals surface area contributed by atoms with Crippen LogP contribution in [0.1, 0.15) is 46.3 Å². The molecule has 5 heteroatoms. The molecule has 2 aromatic rings. The van der Waals surface area contributed by atoms with Crippen LogP contribution in [-0.4, -0.2) is 36.4 Å². The number of nitrogens with one attached hydrogen (secondary N) is 1. The molecular formula is C23H28N2O3. The van der Waals surface area contributed by atoms with Gasteiger partial charge >= 0.3 is 0 Å². The summed E-state index contributed by atoms with van der Waals surface area (Å²) >= 11 is 0. The van der Waals surface area contributed by atoms with Gasteiger partial charge < -0.3 is 15.0 Å². The molecule has 1 saturated heterocycles. The molecule has 0 spiro atoms. The molecule has 1 aliphatic rings. The van der Waals surface area contributed by atoms with E-state index >= 15 is 0 Å². The van der Waals surface area contributed by atoms with E-state index < -0.39 is 0 Å². The number of hydrogen-bond acceptors (Lipinski definition) is 3. The fourth-order valence-corrected chi connectivity index (χ4v) is 3.46. The summed E-state index contributed by atoms with van der Waals surface area (Å²) in [7, 11) is 0. The number of piperidine rings is 1. The lowest BCUT2D eigenvalue weighted by Gasteiger charge is -2.26. The van der Waals surface area contributed by atoms with Gasteiger partial charge in [-0.1, -0.05) is 18.2 Å². The van der Waals surface area contributed by atoms with Crippen molar-refractivity contribution in [3.63, 3.8) is 0 Å².